The van der Waals surface area contributed by atoms with E-state index in [4.69, 9.17) is 9.47 Å². The van der Waals surface area contributed by atoms with Crippen LogP contribution in [0.4, 0.5) is 0 Å². The molecule has 0 saturated heterocycles. The Kier molecular flexibility index (Phi) is 6.01. The van der Waals surface area contributed by atoms with Crippen LogP contribution in [0.3, 0.4) is 0 Å². The Hall–Kier alpha value is -0.870. The molecule has 19 heavy (non-hydrogen) atoms. The molecule has 0 heterocycles. The molecule has 0 aromatic heterocycles. The van der Waals surface area contributed by atoms with Crippen molar-refractivity contribution in [3.63, 3.8) is 0 Å². The van der Waals surface area contributed by atoms with Crippen LogP contribution in [0.2, 0.25) is 0 Å². The molecular weight excluding hydrogens is 308 g/mol. The summed E-state index contributed by atoms with van der Waals surface area (Å²) in [5.41, 5.74) is 0.193. The van der Waals surface area contributed by atoms with E-state index >= 15 is 0 Å². The number of halogens is 1. The average Bonchev–Trinajstić information content (AvgIpc) is 2.41. The lowest BCUT2D eigenvalue weighted by molar-refractivity contribution is -0.141. The molecule has 0 amide bonds. The zero-order chi connectivity index (χ0) is 14.5. The van der Waals surface area contributed by atoms with Crippen molar-refractivity contribution in [3.05, 3.63) is 28.2 Å². The van der Waals surface area contributed by atoms with Gasteiger partial charge in [0.25, 0.3) is 0 Å². The molecular formula is C15H21BrO3. The molecule has 1 aromatic rings. The fourth-order valence-corrected chi connectivity index (χ4v) is 2.67. The van der Waals surface area contributed by atoms with Crippen LogP contribution < -0.4 is 4.74 Å². The highest BCUT2D eigenvalue weighted by Crippen LogP contribution is 2.28. The van der Waals surface area contributed by atoms with E-state index in [1.165, 1.54) is 0 Å². The molecule has 0 aliphatic carbocycles. The highest BCUT2D eigenvalue weighted by molar-refractivity contribution is 9.10. The lowest BCUT2D eigenvalue weighted by Crippen LogP contribution is -2.40. The Morgan fingerprint density at radius 3 is 2.37 bits per heavy atom. The third-order valence-electron chi connectivity index (χ3n) is 3.63. The Balaban J connectivity index is 3.01. The Labute approximate surface area is 123 Å². The first-order valence-corrected chi connectivity index (χ1v) is 7.23. The maximum Gasteiger partial charge on any atom is 0.169 e. The van der Waals surface area contributed by atoms with Gasteiger partial charge in [0.1, 0.15) is 11.4 Å². The molecule has 1 rings (SSSR count). The van der Waals surface area contributed by atoms with Crippen molar-refractivity contribution in [2.75, 3.05) is 14.2 Å². The SMILES string of the molecule is CCC(CC)(OC)C(=O)Cc1cc(Br)ccc1OC. The predicted molar refractivity (Wildman–Crippen MR) is 79.7 cm³/mol. The molecule has 0 N–H and O–H groups in total. The van der Waals surface area contributed by atoms with Crippen LogP contribution >= 0.6 is 15.9 Å². The molecule has 0 spiro atoms. The summed E-state index contributed by atoms with van der Waals surface area (Å²) < 4.78 is 11.7. The van der Waals surface area contributed by atoms with Gasteiger partial charge >= 0.3 is 0 Å². The van der Waals surface area contributed by atoms with Crippen molar-refractivity contribution in [2.24, 2.45) is 0 Å². The minimum Gasteiger partial charge on any atom is -0.496 e. The third-order valence-corrected chi connectivity index (χ3v) is 4.13. The number of methoxy groups -OCH3 is 2. The molecule has 0 atom stereocenters. The zero-order valence-corrected chi connectivity index (χ0v) is 13.5. The predicted octanol–water partition coefficient (Wildman–Crippen LogP) is 3.77. The van der Waals surface area contributed by atoms with Crippen LogP contribution in [0.15, 0.2) is 22.7 Å². The normalized spacial score (nSPS) is 11.4. The molecule has 3 nitrogen and oxygen atoms in total. The van der Waals surface area contributed by atoms with E-state index in [2.05, 4.69) is 15.9 Å². The van der Waals surface area contributed by atoms with Gasteiger partial charge in [-0.15, -0.1) is 0 Å². The zero-order valence-electron chi connectivity index (χ0n) is 12.0. The fraction of sp³-hybridized carbons (Fsp3) is 0.533. The number of ketones is 1. The van der Waals surface area contributed by atoms with Crippen LogP contribution in [0.1, 0.15) is 32.3 Å². The summed E-state index contributed by atoms with van der Waals surface area (Å²) in [5, 5.41) is 0. The van der Waals surface area contributed by atoms with Gasteiger partial charge in [-0.1, -0.05) is 29.8 Å². The van der Waals surface area contributed by atoms with E-state index in [0.717, 1.165) is 15.8 Å². The minimum atomic E-state index is -0.687. The third kappa shape index (κ3) is 3.57. The number of hydrogen-bond donors (Lipinski definition) is 0. The van der Waals surface area contributed by atoms with Crippen LogP contribution in [-0.2, 0) is 16.0 Å². The number of carbonyl (C=O) groups is 1. The summed E-state index contributed by atoms with van der Waals surface area (Å²) in [6.45, 7) is 3.95. The smallest absolute Gasteiger partial charge is 0.169 e. The quantitative estimate of drug-likeness (QED) is 0.764. The highest BCUT2D eigenvalue weighted by Gasteiger charge is 2.34. The first kappa shape index (κ1) is 16.2. The van der Waals surface area contributed by atoms with Crippen molar-refractivity contribution in [2.45, 2.75) is 38.7 Å². The summed E-state index contributed by atoms with van der Waals surface area (Å²) in [5.74, 6) is 0.824. The number of Topliss-reactive ketones (excluding diaryl/α,β-unsaturated/α-hetero) is 1. The van der Waals surface area contributed by atoms with E-state index < -0.39 is 5.60 Å². The van der Waals surface area contributed by atoms with Gasteiger partial charge in [0, 0.05) is 23.6 Å². The van der Waals surface area contributed by atoms with E-state index in [-0.39, 0.29) is 5.78 Å². The second-order valence-corrected chi connectivity index (χ2v) is 5.38. The van der Waals surface area contributed by atoms with E-state index in [0.29, 0.717) is 19.3 Å². The van der Waals surface area contributed by atoms with E-state index in [9.17, 15) is 4.79 Å². The molecule has 4 heteroatoms. The summed E-state index contributed by atoms with van der Waals surface area (Å²) in [4.78, 5) is 12.5. The van der Waals surface area contributed by atoms with Crippen molar-refractivity contribution in [3.8, 4) is 5.75 Å². The van der Waals surface area contributed by atoms with Crippen LogP contribution in [0.25, 0.3) is 0 Å². The first-order chi connectivity index (χ1) is 9.02. The molecule has 106 valence electrons. The number of benzene rings is 1. The first-order valence-electron chi connectivity index (χ1n) is 6.43. The van der Waals surface area contributed by atoms with Gasteiger partial charge in [-0.2, -0.15) is 0 Å². The number of carbonyl (C=O) groups excluding carboxylic acids is 1. The molecule has 0 aliphatic heterocycles. The lowest BCUT2D eigenvalue weighted by atomic mass is 9.88. The Bertz CT molecular complexity index is 431. The monoisotopic (exact) mass is 328 g/mol. The van der Waals surface area contributed by atoms with Gasteiger partial charge in [0.15, 0.2) is 5.78 Å². The molecule has 1 aromatic carbocycles. The molecule has 0 fully saturated rings. The lowest BCUT2D eigenvalue weighted by Gasteiger charge is -2.28. The van der Waals surface area contributed by atoms with Crippen LogP contribution in [-0.4, -0.2) is 25.6 Å². The largest absolute Gasteiger partial charge is 0.496 e. The van der Waals surface area contributed by atoms with Crippen LogP contribution in [0.5, 0.6) is 5.75 Å². The molecule has 0 aliphatic rings. The van der Waals surface area contributed by atoms with Gasteiger partial charge in [-0.3, -0.25) is 4.79 Å². The van der Waals surface area contributed by atoms with Gasteiger partial charge < -0.3 is 9.47 Å². The maximum absolute atomic E-state index is 12.5. The molecule has 0 radical (unpaired) electrons. The van der Waals surface area contributed by atoms with Gasteiger partial charge in [0.05, 0.1) is 7.11 Å². The highest BCUT2D eigenvalue weighted by atomic mass is 79.9. The molecule has 0 bridgehead atoms. The van der Waals surface area contributed by atoms with Gasteiger partial charge in [-0.25, -0.2) is 0 Å². The number of hydrogen-bond acceptors (Lipinski definition) is 3. The number of ether oxygens (including phenoxy) is 2. The average molecular weight is 329 g/mol. The van der Waals surface area contributed by atoms with Gasteiger partial charge in [0.2, 0.25) is 0 Å². The van der Waals surface area contributed by atoms with E-state index in [1.807, 2.05) is 32.0 Å². The summed E-state index contributed by atoms with van der Waals surface area (Å²) in [6.07, 6.45) is 1.67. The standard InChI is InChI=1S/C15H21BrO3/c1-5-15(6-2,19-4)14(17)10-11-9-12(16)7-8-13(11)18-3/h7-9H,5-6,10H2,1-4H3. The topological polar surface area (TPSA) is 35.5 Å². The Morgan fingerprint density at radius 1 is 1.26 bits per heavy atom. The molecule has 0 unspecified atom stereocenters. The maximum atomic E-state index is 12.5. The number of rotatable bonds is 7. The summed E-state index contributed by atoms with van der Waals surface area (Å²) in [6, 6.07) is 5.68. The fourth-order valence-electron chi connectivity index (χ4n) is 2.27. The Morgan fingerprint density at radius 2 is 1.89 bits per heavy atom. The van der Waals surface area contributed by atoms with Crippen molar-refractivity contribution in [1.29, 1.82) is 0 Å². The summed E-state index contributed by atoms with van der Waals surface area (Å²) in [7, 11) is 3.21. The van der Waals surface area contributed by atoms with E-state index in [1.54, 1.807) is 14.2 Å². The summed E-state index contributed by atoms with van der Waals surface area (Å²) >= 11 is 3.42. The molecule has 0 saturated carbocycles. The van der Waals surface area contributed by atoms with Crippen molar-refractivity contribution in [1.82, 2.24) is 0 Å². The van der Waals surface area contributed by atoms with Gasteiger partial charge in [-0.05, 0) is 31.0 Å². The van der Waals surface area contributed by atoms with Crippen molar-refractivity contribution < 1.29 is 14.3 Å². The second-order valence-electron chi connectivity index (χ2n) is 4.46. The second kappa shape index (κ2) is 7.06. The minimum absolute atomic E-state index is 0.0939. The van der Waals surface area contributed by atoms with Crippen molar-refractivity contribution >= 4 is 21.7 Å². The van der Waals surface area contributed by atoms with Crippen LogP contribution in [0, 0.1) is 0 Å².